The molecule has 0 aliphatic heterocycles. The van der Waals surface area contributed by atoms with Gasteiger partial charge in [-0.15, -0.1) is 0 Å². The smallest absolute Gasteiger partial charge is 0.224 e. The SMILES string of the molecule is CNc1ncc(F)c(NCc2ccoc2)n1. The Kier molecular flexibility index (Phi) is 3.00. The van der Waals surface area contributed by atoms with Crippen molar-refractivity contribution in [2.75, 3.05) is 17.7 Å². The number of nitrogens with one attached hydrogen (secondary N) is 2. The fraction of sp³-hybridized carbons (Fsp3) is 0.200. The van der Waals surface area contributed by atoms with Gasteiger partial charge in [-0.1, -0.05) is 0 Å². The van der Waals surface area contributed by atoms with Crippen molar-refractivity contribution in [3.63, 3.8) is 0 Å². The highest BCUT2D eigenvalue weighted by Crippen LogP contribution is 2.13. The first kappa shape index (κ1) is 10.4. The molecule has 16 heavy (non-hydrogen) atoms. The number of aromatic nitrogens is 2. The van der Waals surface area contributed by atoms with Gasteiger partial charge in [0.25, 0.3) is 0 Å². The lowest BCUT2D eigenvalue weighted by Gasteiger charge is -2.06. The summed E-state index contributed by atoms with van der Waals surface area (Å²) in [4.78, 5) is 7.70. The molecule has 2 rings (SSSR count). The zero-order valence-corrected chi connectivity index (χ0v) is 8.70. The van der Waals surface area contributed by atoms with Crippen molar-refractivity contribution >= 4 is 11.8 Å². The molecule has 0 aliphatic carbocycles. The number of hydrogen-bond donors (Lipinski definition) is 2. The van der Waals surface area contributed by atoms with Gasteiger partial charge >= 0.3 is 0 Å². The predicted molar refractivity (Wildman–Crippen MR) is 57.6 cm³/mol. The van der Waals surface area contributed by atoms with Crippen molar-refractivity contribution in [2.45, 2.75) is 6.54 Å². The second kappa shape index (κ2) is 4.61. The summed E-state index contributed by atoms with van der Waals surface area (Å²) >= 11 is 0. The topological polar surface area (TPSA) is 63.0 Å². The van der Waals surface area contributed by atoms with Crippen LogP contribution in [0.4, 0.5) is 16.2 Å². The molecule has 84 valence electrons. The number of hydrogen-bond acceptors (Lipinski definition) is 5. The number of rotatable bonds is 4. The highest BCUT2D eigenvalue weighted by atomic mass is 19.1. The molecule has 0 saturated carbocycles. The minimum absolute atomic E-state index is 0.167. The van der Waals surface area contributed by atoms with Crippen molar-refractivity contribution in [1.82, 2.24) is 9.97 Å². The second-order valence-electron chi connectivity index (χ2n) is 3.13. The van der Waals surface area contributed by atoms with Crippen LogP contribution in [0.15, 0.2) is 29.2 Å². The van der Waals surface area contributed by atoms with Gasteiger partial charge in [0.05, 0.1) is 18.7 Å². The average Bonchev–Trinajstić information content (AvgIpc) is 2.81. The molecule has 0 aliphatic rings. The highest BCUT2D eigenvalue weighted by Gasteiger charge is 2.05. The Bertz CT molecular complexity index is 458. The Morgan fingerprint density at radius 2 is 2.38 bits per heavy atom. The Morgan fingerprint density at radius 3 is 3.06 bits per heavy atom. The van der Waals surface area contributed by atoms with Gasteiger partial charge in [0, 0.05) is 19.2 Å². The van der Waals surface area contributed by atoms with Crippen molar-refractivity contribution in [1.29, 1.82) is 0 Å². The van der Waals surface area contributed by atoms with Crippen molar-refractivity contribution in [2.24, 2.45) is 0 Å². The van der Waals surface area contributed by atoms with Gasteiger partial charge in [-0.25, -0.2) is 9.37 Å². The summed E-state index contributed by atoms with van der Waals surface area (Å²) in [6.07, 6.45) is 4.27. The largest absolute Gasteiger partial charge is 0.472 e. The van der Waals surface area contributed by atoms with E-state index < -0.39 is 5.82 Å². The fourth-order valence-electron chi connectivity index (χ4n) is 1.19. The molecule has 2 N–H and O–H groups in total. The van der Waals surface area contributed by atoms with Crippen LogP contribution in [-0.2, 0) is 6.54 Å². The normalized spacial score (nSPS) is 10.1. The molecule has 0 atom stereocenters. The van der Waals surface area contributed by atoms with Gasteiger partial charge in [0.1, 0.15) is 0 Å². The lowest BCUT2D eigenvalue weighted by atomic mass is 10.3. The minimum atomic E-state index is -0.484. The van der Waals surface area contributed by atoms with E-state index in [1.807, 2.05) is 0 Å². The second-order valence-corrected chi connectivity index (χ2v) is 3.13. The molecule has 0 bridgehead atoms. The maximum atomic E-state index is 13.3. The summed E-state index contributed by atoms with van der Waals surface area (Å²) in [7, 11) is 1.67. The van der Waals surface area contributed by atoms with Crippen LogP contribution >= 0.6 is 0 Å². The van der Waals surface area contributed by atoms with Gasteiger partial charge in [-0.2, -0.15) is 4.98 Å². The molecule has 2 heterocycles. The predicted octanol–water partition coefficient (Wildman–Crippen LogP) is 1.86. The maximum absolute atomic E-state index is 13.3. The van der Waals surface area contributed by atoms with Crippen molar-refractivity contribution < 1.29 is 8.81 Å². The van der Waals surface area contributed by atoms with E-state index in [1.165, 1.54) is 0 Å². The lowest BCUT2D eigenvalue weighted by Crippen LogP contribution is -2.06. The molecule has 0 spiro atoms. The third kappa shape index (κ3) is 2.28. The molecule has 2 aromatic heterocycles. The van der Waals surface area contributed by atoms with Gasteiger partial charge in [0.2, 0.25) is 5.95 Å². The maximum Gasteiger partial charge on any atom is 0.224 e. The van der Waals surface area contributed by atoms with E-state index in [-0.39, 0.29) is 5.82 Å². The van der Waals surface area contributed by atoms with Crippen LogP contribution in [0.2, 0.25) is 0 Å². The van der Waals surface area contributed by atoms with Crippen LogP contribution in [0.5, 0.6) is 0 Å². The molecular formula is C10H11FN4O. The highest BCUT2D eigenvalue weighted by molar-refractivity contribution is 5.41. The van der Waals surface area contributed by atoms with Crippen LogP contribution in [-0.4, -0.2) is 17.0 Å². The summed E-state index contributed by atoms with van der Waals surface area (Å²) in [5, 5.41) is 5.60. The first-order chi connectivity index (χ1) is 7.79. The molecule has 0 fully saturated rings. The monoisotopic (exact) mass is 222 g/mol. The number of anilines is 2. The van der Waals surface area contributed by atoms with E-state index in [4.69, 9.17) is 4.42 Å². The van der Waals surface area contributed by atoms with Gasteiger partial charge in [-0.3, -0.25) is 0 Å². The van der Waals surface area contributed by atoms with Crippen LogP contribution in [0.1, 0.15) is 5.56 Å². The molecule has 0 radical (unpaired) electrons. The third-order valence-electron chi connectivity index (χ3n) is 2.01. The Labute approximate surface area is 91.7 Å². The Hall–Kier alpha value is -2.11. The van der Waals surface area contributed by atoms with Gasteiger partial charge in [-0.05, 0) is 6.07 Å². The van der Waals surface area contributed by atoms with E-state index >= 15 is 0 Å². The summed E-state index contributed by atoms with van der Waals surface area (Å²) in [6, 6.07) is 1.80. The number of furan rings is 1. The van der Waals surface area contributed by atoms with Gasteiger partial charge < -0.3 is 15.1 Å². The fourth-order valence-corrected chi connectivity index (χ4v) is 1.19. The van der Waals surface area contributed by atoms with Crippen molar-refractivity contribution in [3.8, 4) is 0 Å². The first-order valence-corrected chi connectivity index (χ1v) is 4.75. The molecule has 6 heteroatoms. The Balaban J connectivity index is 2.08. The van der Waals surface area contributed by atoms with Gasteiger partial charge in [0.15, 0.2) is 11.6 Å². The summed E-state index contributed by atoms with van der Waals surface area (Å²) in [5.41, 5.74) is 0.920. The lowest BCUT2D eigenvalue weighted by molar-refractivity contribution is 0.564. The average molecular weight is 222 g/mol. The molecule has 0 unspecified atom stereocenters. The van der Waals surface area contributed by atoms with E-state index in [0.717, 1.165) is 11.8 Å². The van der Waals surface area contributed by atoms with Crippen LogP contribution in [0.25, 0.3) is 0 Å². The zero-order valence-electron chi connectivity index (χ0n) is 8.70. The molecule has 2 aromatic rings. The van der Waals surface area contributed by atoms with E-state index in [1.54, 1.807) is 25.6 Å². The first-order valence-electron chi connectivity index (χ1n) is 4.75. The van der Waals surface area contributed by atoms with Crippen LogP contribution in [0.3, 0.4) is 0 Å². The third-order valence-corrected chi connectivity index (χ3v) is 2.01. The van der Waals surface area contributed by atoms with E-state index in [0.29, 0.717) is 12.5 Å². The van der Waals surface area contributed by atoms with E-state index in [2.05, 4.69) is 20.6 Å². The standard InChI is InChI=1S/C10H11FN4O/c1-12-10-14-5-8(11)9(15-10)13-4-7-2-3-16-6-7/h2-3,5-6H,4H2,1H3,(H2,12,13,14,15). The summed E-state index contributed by atoms with van der Waals surface area (Å²) in [5.74, 6) is 0.0548. The molecular weight excluding hydrogens is 211 g/mol. The summed E-state index contributed by atoms with van der Waals surface area (Å²) < 4.78 is 18.2. The quantitative estimate of drug-likeness (QED) is 0.826. The zero-order chi connectivity index (χ0) is 11.4. The van der Waals surface area contributed by atoms with Crippen LogP contribution < -0.4 is 10.6 Å². The molecule has 0 saturated heterocycles. The van der Waals surface area contributed by atoms with Crippen LogP contribution in [0, 0.1) is 5.82 Å². The Morgan fingerprint density at radius 1 is 1.50 bits per heavy atom. The molecule has 0 amide bonds. The molecule has 0 aromatic carbocycles. The molecule has 5 nitrogen and oxygen atoms in total. The van der Waals surface area contributed by atoms with E-state index in [9.17, 15) is 4.39 Å². The number of halogens is 1. The number of nitrogens with zero attached hydrogens (tertiary/aromatic N) is 2. The summed E-state index contributed by atoms with van der Waals surface area (Å²) in [6.45, 7) is 0.452. The van der Waals surface area contributed by atoms with Crippen molar-refractivity contribution in [3.05, 3.63) is 36.2 Å². The minimum Gasteiger partial charge on any atom is -0.472 e.